The number of imidazole rings is 1. The van der Waals surface area contributed by atoms with Crippen molar-refractivity contribution in [1.82, 2.24) is 15.3 Å². The fraction of sp³-hybridized carbons (Fsp3) is 0.680. The molecule has 1 atom stereocenters. The molecule has 2 heterocycles. The van der Waals surface area contributed by atoms with Crippen molar-refractivity contribution < 1.29 is 4.79 Å². The van der Waals surface area contributed by atoms with Gasteiger partial charge in [-0.25, -0.2) is 4.98 Å². The van der Waals surface area contributed by atoms with Crippen molar-refractivity contribution in [3.05, 3.63) is 24.3 Å². The Morgan fingerprint density at radius 1 is 1.10 bits per heavy atom. The van der Waals surface area contributed by atoms with Gasteiger partial charge in [0.15, 0.2) is 0 Å². The van der Waals surface area contributed by atoms with E-state index in [1.165, 1.54) is 38.5 Å². The number of carbonyl (C=O) groups is 1. The van der Waals surface area contributed by atoms with E-state index in [2.05, 4.69) is 28.2 Å². The average Bonchev–Trinajstić information content (AvgIpc) is 3.17. The minimum absolute atomic E-state index is 0.141. The maximum Gasteiger partial charge on any atom is 0.223 e. The Morgan fingerprint density at radius 2 is 1.73 bits per heavy atom. The van der Waals surface area contributed by atoms with E-state index in [-0.39, 0.29) is 5.92 Å². The molecule has 2 N–H and O–H groups in total. The van der Waals surface area contributed by atoms with Crippen molar-refractivity contribution in [1.29, 1.82) is 0 Å². The standard InChI is InChI=1S/C25H34N4O/c1-16(25-13-17-10-18(14-25)12-19(11-17)15-25)26-23(30)20-6-8-29(9-7-20)24-27-21-4-2-3-5-22(21)28-24/h2-5,16-20H,6-15H2,1H3,(H,26,30)(H,27,28). The molecule has 1 aromatic heterocycles. The Hall–Kier alpha value is -2.04. The Kier molecular flexibility index (Phi) is 4.36. The lowest BCUT2D eigenvalue weighted by Crippen LogP contribution is -2.56. The van der Waals surface area contributed by atoms with E-state index in [1.54, 1.807) is 0 Å². The van der Waals surface area contributed by atoms with Gasteiger partial charge >= 0.3 is 0 Å². The number of para-hydroxylation sites is 2. The zero-order chi connectivity index (χ0) is 20.3. The minimum atomic E-state index is 0.141. The van der Waals surface area contributed by atoms with Crippen LogP contribution >= 0.6 is 0 Å². The van der Waals surface area contributed by atoms with E-state index in [1.807, 2.05) is 18.2 Å². The van der Waals surface area contributed by atoms with Gasteiger partial charge in [-0.1, -0.05) is 12.1 Å². The summed E-state index contributed by atoms with van der Waals surface area (Å²) in [6, 6.07) is 8.49. The topological polar surface area (TPSA) is 61.0 Å². The highest BCUT2D eigenvalue weighted by atomic mass is 16.2. The number of hydrogen-bond donors (Lipinski definition) is 2. The number of aromatic amines is 1. The van der Waals surface area contributed by atoms with E-state index in [0.717, 1.165) is 60.7 Å². The third kappa shape index (κ3) is 3.12. The quantitative estimate of drug-likeness (QED) is 0.786. The van der Waals surface area contributed by atoms with E-state index in [9.17, 15) is 4.79 Å². The molecule has 1 aromatic carbocycles. The monoisotopic (exact) mass is 406 g/mol. The number of piperidine rings is 1. The largest absolute Gasteiger partial charge is 0.353 e. The fourth-order valence-electron chi connectivity index (χ4n) is 7.63. The third-order valence-corrected chi connectivity index (χ3v) is 8.91. The fourth-order valence-corrected chi connectivity index (χ4v) is 7.63. The van der Waals surface area contributed by atoms with Crippen LogP contribution in [0.3, 0.4) is 0 Å². The molecule has 1 unspecified atom stereocenters. The van der Waals surface area contributed by atoms with E-state index >= 15 is 0 Å². The highest BCUT2D eigenvalue weighted by Crippen LogP contribution is 2.61. The van der Waals surface area contributed by atoms with Crippen molar-refractivity contribution in [2.45, 2.75) is 64.3 Å². The van der Waals surface area contributed by atoms with Crippen molar-refractivity contribution in [2.75, 3.05) is 18.0 Å². The lowest BCUT2D eigenvalue weighted by atomic mass is 9.48. The van der Waals surface area contributed by atoms with E-state index in [0.29, 0.717) is 17.4 Å². The summed E-state index contributed by atoms with van der Waals surface area (Å²) in [5.74, 6) is 4.18. The van der Waals surface area contributed by atoms with Gasteiger partial charge in [0, 0.05) is 25.0 Å². The number of nitrogens with one attached hydrogen (secondary N) is 2. The summed E-state index contributed by atoms with van der Waals surface area (Å²) in [6.45, 7) is 4.09. The molecule has 5 nitrogen and oxygen atoms in total. The molecule has 1 saturated heterocycles. The second kappa shape index (κ2) is 7.00. The summed E-state index contributed by atoms with van der Waals surface area (Å²) in [6.07, 6.45) is 10.3. The van der Waals surface area contributed by atoms with Crippen LogP contribution in [0.1, 0.15) is 58.3 Å². The summed E-state index contributed by atoms with van der Waals surface area (Å²) in [7, 11) is 0. The van der Waals surface area contributed by atoms with Gasteiger partial charge in [-0.3, -0.25) is 4.79 Å². The summed E-state index contributed by atoms with van der Waals surface area (Å²) in [4.78, 5) is 23.6. The number of rotatable bonds is 4. The first-order chi connectivity index (χ1) is 14.6. The molecular formula is C25H34N4O. The van der Waals surface area contributed by atoms with Gasteiger partial charge in [-0.2, -0.15) is 0 Å². The van der Waals surface area contributed by atoms with Gasteiger partial charge in [0.05, 0.1) is 11.0 Å². The lowest BCUT2D eigenvalue weighted by Gasteiger charge is -2.59. The van der Waals surface area contributed by atoms with Crippen LogP contribution < -0.4 is 10.2 Å². The summed E-state index contributed by atoms with van der Waals surface area (Å²) in [5, 5.41) is 3.50. The Balaban J connectivity index is 1.07. The third-order valence-electron chi connectivity index (χ3n) is 8.91. The molecule has 0 spiro atoms. The number of hydrogen-bond acceptors (Lipinski definition) is 3. The molecule has 160 valence electrons. The molecule has 4 bridgehead atoms. The predicted octanol–water partition coefficient (Wildman–Crippen LogP) is 4.50. The first-order valence-corrected chi connectivity index (χ1v) is 12.1. The molecule has 0 radical (unpaired) electrons. The van der Waals surface area contributed by atoms with Crippen molar-refractivity contribution >= 4 is 22.9 Å². The van der Waals surface area contributed by atoms with Crippen molar-refractivity contribution in [3.8, 4) is 0 Å². The first kappa shape index (κ1) is 18.7. The highest BCUT2D eigenvalue weighted by molar-refractivity contribution is 5.80. The van der Waals surface area contributed by atoms with Crippen LogP contribution in [0.2, 0.25) is 0 Å². The van der Waals surface area contributed by atoms with Gasteiger partial charge in [-0.05, 0) is 93.6 Å². The average molecular weight is 407 g/mol. The number of benzene rings is 1. The van der Waals surface area contributed by atoms with Crippen LogP contribution in [0.4, 0.5) is 5.95 Å². The van der Waals surface area contributed by atoms with Gasteiger partial charge in [0.25, 0.3) is 0 Å². The molecule has 4 saturated carbocycles. The second-order valence-corrected chi connectivity index (χ2v) is 10.8. The Labute approximate surface area is 179 Å². The molecule has 4 aliphatic carbocycles. The number of anilines is 1. The maximum absolute atomic E-state index is 13.1. The zero-order valence-corrected chi connectivity index (χ0v) is 18.1. The van der Waals surface area contributed by atoms with Crippen LogP contribution in [0.25, 0.3) is 11.0 Å². The molecule has 5 heteroatoms. The van der Waals surface area contributed by atoms with Crippen molar-refractivity contribution in [3.63, 3.8) is 0 Å². The Bertz CT molecular complexity index is 873. The number of H-pyrrole nitrogens is 1. The molecule has 1 amide bonds. The summed E-state index contributed by atoms with van der Waals surface area (Å²) < 4.78 is 0. The number of amides is 1. The van der Waals surface area contributed by atoms with Crippen LogP contribution in [0.5, 0.6) is 0 Å². The molecular weight excluding hydrogens is 372 g/mol. The molecule has 2 aromatic rings. The number of fused-ring (bicyclic) bond motifs is 1. The molecule has 5 aliphatic rings. The smallest absolute Gasteiger partial charge is 0.223 e. The summed E-state index contributed by atoms with van der Waals surface area (Å²) >= 11 is 0. The Morgan fingerprint density at radius 3 is 2.37 bits per heavy atom. The maximum atomic E-state index is 13.1. The number of nitrogens with zero attached hydrogens (tertiary/aromatic N) is 2. The SMILES string of the molecule is CC(NC(=O)C1CCN(c2nc3ccccc3[nH]2)CC1)C12CC3CC(CC(C3)C1)C2. The second-order valence-electron chi connectivity index (χ2n) is 10.8. The van der Waals surface area contributed by atoms with E-state index in [4.69, 9.17) is 4.98 Å². The normalized spacial score (nSPS) is 34.4. The van der Waals surface area contributed by atoms with Gasteiger partial charge < -0.3 is 15.2 Å². The highest BCUT2D eigenvalue weighted by Gasteiger charge is 2.53. The van der Waals surface area contributed by atoms with Crippen molar-refractivity contribution in [2.24, 2.45) is 29.1 Å². The zero-order valence-electron chi connectivity index (χ0n) is 18.1. The van der Waals surface area contributed by atoms with E-state index < -0.39 is 0 Å². The van der Waals surface area contributed by atoms with Gasteiger partial charge in [-0.15, -0.1) is 0 Å². The van der Waals surface area contributed by atoms with Gasteiger partial charge in [0.1, 0.15) is 0 Å². The molecule has 5 fully saturated rings. The van der Waals surface area contributed by atoms with Crippen LogP contribution in [0.15, 0.2) is 24.3 Å². The minimum Gasteiger partial charge on any atom is -0.353 e. The van der Waals surface area contributed by atoms with Crippen LogP contribution in [-0.2, 0) is 4.79 Å². The predicted molar refractivity (Wildman–Crippen MR) is 119 cm³/mol. The van der Waals surface area contributed by atoms with Crippen LogP contribution in [-0.4, -0.2) is 35.0 Å². The molecule has 30 heavy (non-hydrogen) atoms. The number of aromatic nitrogens is 2. The summed E-state index contributed by atoms with van der Waals surface area (Å²) in [5.41, 5.74) is 2.48. The van der Waals surface area contributed by atoms with Gasteiger partial charge in [0.2, 0.25) is 11.9 Å². The molecule has 7 rings (SSSR count). The number of carbonyl (C=O) groups excluding carboxylic acids is 1. The lowest BCUT2D eigenvalue weighted by molar-refractivity contribution is -0.130. The first-order valence-electron chi connectivity index (χ1n) is 12.1. The van der Waals surface area contributed by atoms with Crippen LogP contribution in [0, 0.1) is 29.1 Å². The molecule has 1 aliphatic heterocycles.